The molecular formula is C20H24N2O3. The number of phenolic OH excluding ortho intramolecular Hbond substituents is 1. The quantitative estimate of drug-likeness (QED) is 0.609. The number of anilines is 1. The van der Waals surface area contributed by atoms with E-state index in [0.717, 1.165) is 31.4 Å². The molecule has 0 aliphatic carbocycles. The van der Waals surface area contributed by atoms with Crippen molar-refractivity contribution in [2.45, 2.75) is 32.1 Å². The molecule has 0 saturated heterocycles. The lowest BCUT2D eigenvalue weighted by Gasteiger charge is -2.07. The van der Waals surface area contributed by atoms with Gasteiger partial charge >= 0.3 is 0 Å². The number of nitrogens with one attached hydrogen (secondary N) is 2. The molecule has 3 N–H and O–H groups in total. The monoisotopic (exact) mass is 340 g/mol. The molecule has 5 nitrogen and oxygen atoms in total. The van der Waals surface area contributed by atoms with Gasteiger partial charge in [-0.2, -0.15) is 0 Å². The first-order valence-electron chi connectivity index (χ1n) is 8.58. The van der Waals surface area contributed by atoms with Gasteiger partial charge in [0, 0.05) is 18.7 Å². The van der Waals surface area contributed by atoms with Crippen molar-refractivity contribution in [3.63, 3.8) is 0 Å². The van der Waals surface area contributed by atoms with E-state index in [0.29, 0.717) is 18.5 Å². The third kappa shape index (κ3) is 6.67. The smallest absolute Gasteiger partial charge is 0.255 e. The normalized spacial score (nSPS) is 10.2. The lowest BCUT2D eigenvalue weighted by atomic mass is 10.1. The summed E-state index contributed by atoms with van der Waals surface area (Å²) in [4.78, 5) is 23.7. The van der Waals surface area contributed by atoms with E-state index < -0.39 is 0 Å². The van der Waals surface area contributed by atoms with Gasteiger partial charge < -0.3 is 15.7 Å². The Labute approximate surface area is 148 Å². The maximum atomic E-state index is 11.9. The third-order valence-corrected chi connectivity index (χ3v) is 3.82. The van der Waals surface area contributed by atoms with Gasteiger partial charge in [0.1, 0.15) is 5.75 Å². The fourth-order valence-electron chi connectivity index (χ4n) is 2.47. The van der Waals surface area contributed by atoms with Crippen LogP contribution in [0.15, 0.2) is 54.6 Å². The van der Waals surface area contributed by atoms with Crippen LogP contribution in [0.5, 0.6) is 5.75 Å². The number of benzene rings is 2. The molecule has 2 aromatic rings. The Kier molecular flexibility index (Phi) is 7.50. The summed E-state index contributed by atoms with van der Waals surface area (Å²) in [6, 6.07) is 15.9. The van der Waals surface area contributed by atoms with Crippen LogP contribution in [-0.2, 0) is 4.79 Å². The standard InChI is InChI=1S/C20H24N2O3/c23-18-13-8-7-12-17(18)20(25)21-15-9-2-1-6-14-19(24)22-16-10-4-3-5-11-16/h3-5,7-8,10-13,23H,1-2,6,9,14-15H2,(H,21,25)(H,22,24). The van der Waals surface area contributed by atoms with Crippen LogP contribution in [0.1, 0.15) is 42.5 Å². The number of unbranched alkanes of at least 4 members (excludes halogenated alkanes) is 3. The van der Waals surface area contributed by atoms with Gasteiger partial charge in [0.2, 0.25) is 5.91 Å². The molecule has 132 valence electrons. The molecule has 0 spiro atoms. The molecule has 0 aromatic heterocycles. The second kappa shape index (κ2) is 10.1. The number of carbonyl (C=O) groups is 2. The summed E-state index contributed by atoms with van der Waals surface area (Å²) in [5.74, 6) is -0.246. The highest BCUT2D eigenvalue weighted by atomic mass is 16.3. The number of carbonyl (C=O) groups excluding carboxylic acids is 2. The molecule has 0 fully saturated rings. The average Bonchev–Trinajstić information content (AvgIpc) is 2.62. The summed E-state index contributed by atoms with van der Waals surface area (Å²) in [6.45, 7) is 0.559. The van der Waals surface area contributed by atoms with Crippen LogP contribution in [0.4, 0.5) is 5.69 Å². The predicted molar refractivity (Wildman–Crippen MR) is 98.6 cm³/mol. The predicted octanol–water partition coefficient (Wildman–Crippen LogP) is 3.71. The topological polar surface area (TPSA) is 78.4 Å². The molecule has 0 saturated carbocycles. The molecule has 2 amide bonds. The zero-order valence-corrected chi connectivity index (χ0v) is 14.2. The fourth-order valence-corrected chi connectivity index (χ4v) is 2.47. The van der Waals surface area contributed by atoms with E-state index in [1.165, 1.54) is 6.07 Å². The molecular weight excluding hydrogens is 316 g/mol. The molecule has 0 atom stereocenters. The highest BCUT2D eigenvalue weighted by molar-refractivity contribution is 5.96. The summed E-state index contributed by atoms with van der Waals surface area (Å²) in [5.41, 5.74) is 1.11. The van der Waals surface area contributed by atoms with E-state index in [-0.39, 0.29) is 17.6 Å². The minimum atomic E-state index is -0.264. The first kappa shape index (κ1) is 18.5. The van der Waals surface area contributed by atoms with Gasteiger partial charge in [-0.05, 0) is 37.1 Å². The van der Waals surface area contributed by atoms with Crippen LogP contribution >= 0.6 is 0 Å². The Bertz CT molecular complexity index is 686. The zero-order chi connectivity index (χ0) is 17.9. The van der Waals surface area contributed by atoms with Crippen LogP contribution in [0.2, 0.25) is 0 Å². The van der Waals surface area contributed by atoms with Crippen molar-refractivity contribution in [3.05, 3.63) is 60.2 Å². The van der Waals surface area contributed by atoms with Gasteiger partial charge in [0.15, 0.2) is 0 Å². The molecule has 2 rings (SSSR count). The van der Waals surface area contributed by atoms with Gasteiger partial charge in [-0.3, -0.25) is 9.59 Å². The van der Waals surface area contributed by atoms with Crippen molar-refractivity contribution in [1.82, 2.24) is 5.32 Å². The molecule has 0 aliphatic heterocycles. The SMILES string of the molecule is O=C(CCCCCCNC(=O)c1ccccc1O)Nc1ccccc1. The van der Waals surface area contributed by atoms with E-state index in [9.17, 15) is 14.7 Å². The maximum Gasteiger partial charge on any atom is 0.255 e. The summed E-state index contributed by atoms with van der Waals surface area (Å²) in [5, 5.41) is 15.3. The van der Waals surface area contributed by atoms with Crippen molar-refractivity contribution in [2.24, 2.45) is 0 Å². The average molecular weight is 340 g/mol. The lowest BCUT2D eigenvalue weighted by molar-refractivity contribution is -0.116. The number of phenols is 1. The van der Waals surface area contributed by atoms with E-state index in [1.54, 1.807) is 18.2 Å². The fraction of sp³-hybridized carbons (Fsp3) is 0.300. The number of amides is 2. The van der Waals surface area contributed by atoms with E-state index in [2.05, 4.69) is 10.6 Å². The van der Waals surface area contributed by atoms with E-state index in [1.807, 2.05) is 30.3 Å². The van der Waals surface area contributed by atoms with Crippen molar-refractivity contribution in [3.8, 4) is 5.75 Å². The molecule has 0 heterocycles. The summed E-state index contributed by atoms with van der Waals surface area (Å²) in [7, 11) is 0. The number of aromatic hydroxyl groups is 1. The molecule has 0 aliphatic rings. The van der Waals surface area contributed by atoms with Crippen LogP contribution in [-0.4, -0.2) is 23.5 Å². The molecule has 0 radical (unpaired) electrons. The largest absolute Gasteiger partial charge is 0.507 e. The molecule has 2 aromatic carbocycles. The maximum absolute atomic E-state index is 11.9. The van der Waals surface area contributed by atoms with Crippen molar-refractivity contribution in [1.29, 1.82) is 0 Å². The number of hydrogen-bond acceptors (Lipinski definition) is 3. The number of rotatable bonds is 9. The van der Waals surface area contributed by atoms with Crippen LogP contribution in [0, 0.1) is 0 Å². The lowest BCUT2D eigenvalue weighted by Crippen LogP contribution is -2.24. The van der Waals surface area contributed by atoms with Gasteiger partial charge in [-0.1, -0.05) is 43.2 Å². The number of para-hydroxylation sites is 2. The Morgan fingerprint density at radius 3 is 2.28 bits per heavy atom. The summed E-state index contributed by atoms with van der Waals surface area (Å²) >= 11 is 0. The Balaban J connectivity index is 1.53. The van der Waals surface area contributed by atoms with E-state index >= 15 is 0 Å². The highest BCUT2D eigenvalue weighted by Gasteiger charge is 2.08. The minimum Gasteiger partial charge on any atom is -0.507 e. The second-order valence-corrected chi connectivity index (χ2v) is 5.85. The van der Waals surface area contributed by atoms with Gasteiger partial charge in [0.05, 0.1) is 5.56 Å². The molecule has 0 bridgehead atoms. The van der Waals surface area contributed by atoms with Crippen LogP contribution in [0.3, 0.4) is 0 Å². The number of hydrogen-bond donors (Lipinski definition) is 3. The van der Waals surface area contributed by atoms with Crippen molar-refractivity contribution < 1.29 is 14.7 Å². The van der Waals surface area contributed by atoms with Crippen LogP contribution < -0.4 is 10.6 Å². The Hall–Kier alpha value is -2.82. The highest BCUT2D eigenvalue weighted by Crippen LogP contribution is 2.15. The van der Waals surface area contributed by atoms with Crippen molar-refractivity contribution in [2.75, 3.05) is 11.9 Å². The van der Waals surface area contributed by atoms with Crippen molar-refractivity contribution >= 4 is 17.5 Å². The first-order valence-corrected chi connectivity index (χ1v) is 8.58. The molecule has 25 heavy (non-hydrogen) atoms. The molecule has 5 heteroatoms. The van der Waals surface area contributed by atoms with Crippen LogP contribution in [0.25, 0.3) is 0 Å². The second-order valence-electron chi connectivity index (χ2n) is 5.85. The van der Waals surface area contributed by atoms with E-state index in [4.69, 9.17) is 0 Å². The zero-order valence-electron chi connectivity index (χ0n) is 14.2. The third-order valence-electron chi connectivity index (χ3n) is 3.82. The summed E-state index contributed by atoms with van der Waals surface area (Å²) < 4.78 is 0. The van der Waals surface area contributed by atoms with Gasteiger partial charge in [0.25, 0.3) is 5.91 Å². The Morgan fingerprint density at radius 1 is 0.840 bits per heavy atom. The van der Waals surface area contributed by atoms with Gasteiger partial charge in [-0.15, -0.1) is 0 Å². The first-order chi connectivity index (χ1) is 12.2. The minimum absolute atomic E-state index is 0.00979. The molecule has 0 unspecified atom stereocenters. The summed E-state index contributed by atoms with van der Waals surface area (Å²) in [6.07, 6.45) is 4.05. The Morgan fingerprint density at radius 2 is 1.52 bits per heavy atom. The van der Waals surface area contributed by atoms with Gasteiger partial charge in [-0.25, -0.2) is 0 Å².